The summed E-state index contributed by atoms with van der Waals surface area (Å²) in [6.07, 6.45) is 0.793. The van der Waals surface area contributed by atoms with Crippen molar-refractivity contribution in [3.05, 3.63) is 48.5 Å². The van der Waals surface area contributed by atoms with Gasteiger partial charge in [0.15, 0.2) is 6.10 Å². The average molecular weight is 446 g/mol. The number of rotatable bonds is 5. The summed E-state index contributed by atoms with van der Waals surface area (Å²) in [5.41, 5.74) is 0.418. The summed E-state index contributed by atoms with van der Waals surface area (Å²) in [6, 6.07) is 13.1. The Balaban J connectivity index is 1.59. The third kappa shape index (κ3) is 4.47. The highest BCUT2D eigenvalue weighted by atomic mass is 32.2. The molecule has 1 N–H and O–H groups in total. The van der Waals surface area contributed by atoms with Crippen molar-refractivity contribution < 1.29 is 22.7 Å². The summed E-state index contributed by atoms with van der Waals surface area (Å²) in [7, 11) is -0.316. The molecule has 1 saturated heterocycles. The molecule has 0 unspecified atom stereocenters. The van der Waals surface area contributed by atoms with Crippen molar-refractivity contribution in [2.45, 2.75) is 29.9 Å². The van der Waals surface area contributed by atoms with E-state index >= 15 is 0 Å². The number of anilines is 1. The SMILES string of the molecule is COc1ccc(S(=O)(=O)N2C[C@@H](C(=O)NC3CCN(C)CC3)Oc3ccccc32)cc1. The van der Waals surface area contributed by atoms with Gasteiger partial charge in [0, 0.05) is 6.04 Å². The van der Waals surface area contributed by atoms with E-state index in [-0.39, 0.29) is 23.4 Å². The van der Waals surface area contributed by atoms with E-state index in [4.69, 9.17) is 9.47 Å². The van der Waals surface area contributed by atoms with Crippen LogP contribution in [0.5, 0.6) is 11.5 Å². The predicted octanol–water partition coefficient (Wildman–Crippen LogP) is 1.86. The van der Waals surface area contributed by atoms with Gasteiger partial charge in [-0.2, -0.15) is 0 Å². The van der Waals surface area contributed by atoms with E-state index in [9.17, 15) is 13.2 Å². The van der Waals surface area contributed by atoms with Crippen molar-refractivity contribution in [3.63, 3.8) is 0 Å². The van der Waals surface area contributed by atoms with Crippen LogP contribution < -0.4 is 19.1 Å². The molecule has 0 spiro atoms. The first-order valence-corrected chi connectivity index (χ1v) is 11.7. The fourth-order valence-corrected chi connectivity index (χ4v) is 5.36. The fraction of sp³-hybridized carbons (Fsp3) is 0.409. The molecule has 2 aliphatic heterocycles. The number of fused-ring (bicyclic) bond motifs is 1. The zero-order chi connectivity index (χ0) is 22.0. The Morgan fingerprint density at radius 3 is 2.45 bits per heavy atom. The highest BCUT2D eigenvalue weighted by molar-refractivity contribution is 7.92. The summed E-state index contributed by atoms with van der Waals surface area (Å²) >= 11 is 0. The van der Waals surface area contributed by atoms with Gasteiger partial charge in [-0.25, -0.2) is 8.42 Å². The Bertz CT molecular complexity index is 1030. The third-order valence-corrected chi connectivity index (χ3v) is 7.53. The molecule has 0 radical (unpaired) electrons. The van der Waals surface area contributed by atoms with Crippen LogP contribution in [-0.2, 0) is 14.8 Å². The molecule has 1 amide bonds. The Labute approximate surface area is 182 Å². The number of likely N-dealkylation sites (tertiary alicyclic amines) is 1. The normalized spacial score (nSPS) is 19.9. The minimum atomic E-state index is -3.90. The molecular weight excluding hydrogens is 418 g/mol. The van der Waals surface area contributed by atoms with Crippen LogP contribution in [0.3, 0.4) is 0 Å². The molecule has 1 atom stereocenters. The average Bonchev–Trinajstić information content (AvgIpc) is 2.79. The van der Waals surface area contributed by atoms with Gasteiger partial charge in [0.25, 0.3) is 15.9 Å². The number of piperidine rings is 1. The van der Waals surface area contributed by atoms with Crippen molar-refractivity contribution in [3.8, 4) is 11.5 Å². The summed E-state index contributed by atoms with van der Waals surface area (Å²) < 4.78 is 39.2. The van der Waals surface area contributed by atoms with Crippen LogP contribution in [0.4, 0.5) is 5.69 Å². The van der Waals surface area contributed by atoms with Crippen molar-refractivity contribution in [2.75, 3.05) is 38.1 Å². The number of methoxy groups -OCH3 is 1. The van der Waals surface area contributed by atoms with Crippen LogP contribution in [-0.4, -0.2) is 65.2 Å². The van der Waals surface area contributed by atoms with Gasteiger partial charge in [-0.1, -0.05) is 12.1 Å². The van der Waals surface area contributed by atoms with E-state index in [0.29, 0.717) is 17.2 Å². The number of nitrogens with one attached hydrogen (secondary N) is 1. The van der Waals surface area contributed by atoms with E-state index in [1.54, 1.807) is 36.4 Å². The second kappa shape index (κ2) is 8.76. The number of benzene rings is 2. The summed E-state index contributed by atoms with van der Waals surface area (Å²) in [5, 5.41) is 3.04. The van der Waals surface area contributed by atoms with Crippen molar-refractivity contribution in [2.24, 2.45) is 0 Å². The lowest BCUT2D eigenvalue weighted by molar-refractivity contribution is -0.128. The number of amides is 1. The van der Waals surface area contributed by atoms with Gasteiger partial charge in [0.1, 0.15) is 11.5 Å². The molecule has 0 aliphatic carbocycles. The van der Waals surface area contributed by atoms with E-state index in [1.165, 1.54) is 23.5 Å². The van der Waals surface area contributed by atoms with Gasteiger partial charge < -0.3 is 19.7 Å². The second-order valence-electron chi connectivity index (χ2n) is 7.87. The van der Waals surface area contributed by atoms with Gasteiger partial charge in [-0.15, -0.1) is 0 Å². The molecule has 2 aromatic carbocycles. The molecule has 2 heterocycles. The fourth-order valence-electron chi connectivity index (χ4n) is 3.89. The number of para-hydroxylation sites is 2. The van der Waals surface area contributed by atoms with Crippen LogP contribution in [0.1, 0.15) is 12.8 Å². The molecule has 1 fully saturated rings. The zero-order valence-corrected chi connectivity index (χ0v) is 18.5. The number of ether oxygens (including phenoxy) is 2. The van der Waals surface area contributed by atoms with Crippen molar-refractivity contribution in [1.82, 2.24) is 10.2 Å². The second-order valence-corrected chi connectivity index (χ2v) is 9.73. The molecule has 9 heteroatoms. The molecular formula is C22H27N3O5S. The van der Waals surface area contributed by atoms with Gasteiger partial charge >= 0.3 is 0 Å². The van der Waals surface area contributed by atoms with Crippen LogP contribution >= 0.6 is 0 Å². The van der Waals surface area contributed by atoms with Gasteiger partial charge in [0.05, 0.1) is 24.2 Å². The zero-order valence-electron chi connectivity index (χ0n) is 17.7. The number of hydrogen-bond acceptors (Lipinski definition) is 6. The largest absolute Gasteiger partial charge is 0.497 e. The quantitative estimate of drug-likeness (QED) is 0.756. The maximum absolute atomic E-state index is 13.4. The molecule has 166 valence electrons. The van der Waals surface area contributed by atoms with Crippen molar-refractivity contribution >= 4 is 21.6 Å². The van der Waals surface area contributed by atoms with Gasteiger partial charge in [-0.05, 0) is 69.4 Å². The molecule has 8 nitrogen and oxygen atoms in total. The van der Waals surface area contributed by atoms with Crippen LogP contribution in [0, 0.1) is 0 Å². The van der Waals surface area contributed by atoms with Gasteiger partial charge in [-0.3, -0.25) is 9.10 Å². The smallest absolute Gasteiger partial charge is 0.264 e. The number of carbonyl (C=O) groups excluding carboxylic acids is 1. The maximum atomic E-state index is 13.4. The summed E-state index contributed by atoms with van der Waals surface area (Å²) in [4.78, 5) is 15.3. The minimum absolute atomic E-state index is 0.0658. The van der Waals surface area contributed by atoms with E-state index in [1.807, 2.05) is 0 Å². The lowest BCUT2D eigenvalue weighted by Crippen LogP contribution is -2.53. The molecule has 0 saturated carbocycles. The molecule has 0 aromatic heterocycles. The summed E-state index contributed by atoms with van der Waals surface area (Å²) in [5.74, 6) is 0.644. The summed E-state index contributed by atoms with van der Waals surface area (Å²) in [6.45, 7) is 1.73. The number of sulfonamides is 1. The third-order valence-electron chi connectivity index (χ3n) is 5.74. The number of nitrogens with zero attached hydrogens (tertiary/aromatic N) is 2. The topological polar surface area (TPSA) is 88.2 Å². The van der Waals surface area contributed by atoms with Gasteiger partial charge in [0.2, 0.25) is 0 Å². The van der Waals surface area contributed by atoms with Crippen LogP contribution in [0.25, 0.3) is 0 Å². The lowest BCUT2D eigenvalue weighted by atomic mass is 10.1. The first kappa shape index (κ1) is 21.5. The predicted molar refractivity (Wildman–Crippen MR) is 117 cm³/mol. The molecule has 2 aliphatic rings. The lowest BCUT2D eigenvalue weighted by Gasteiger charge is -2.36. The monoisotopic (exact) mass is 445 g/mol. The van der Waals surface area contributed by atoms with Crippen molar-refractivity contribution in [1.29, 1.82) is 0 Å². The Kier molecular flexibility index (Phi) is 6.06. The highest BCUT2D eigenvalue weighted by Gasteiger charge is 2.38. The molecule has 4 rings (SSSR count). The molecule has 31 heavy (non-hydrogen) atoms. The van der Waals surface area contributed by atoms with Crippen LogP contribution in [0.2, 0.25) is 0 Å². The minimum Gasteiger partial charge on any atom is -0.497 e. The first-order valence-electron chi connectivity index (χ1n) is 10.3. The van der Waals surface area contributed by atoms with Crippen LogP contribution in [0.15, 0.2) is 53.4 Å². The number of carbonyl (C=O) groups is 1. The highest BCUT2D eigenvalue weighted by Crippen LogP contribution is 2.37. The standard InChI is InChI=1S/C22H27N3O5S/c1-24-13-11-16(12-14-24)23-22(26)21-15-25(19-5-3-4-6-20(19)30-21)31(27,28)18-9-7-17(29-2)8-10-18/h3-10,16,21H,11-15H2,1-2H3,(H,23,26)/t21-/m0/s1. The number of hydrogen-bond donors (Lipinski definition) is 1. The van der Waals surface area contributed by atoms with E-state index in [2.05, 4.69) is 17.3 Å². The molecule has 0 bridgehead atoms. The van der Waals surface area contributed by atoms with E-state index in [0.717, 1.165) is 25.9 Å². The Morgan fingerprint density at radius 2 is 1.77 bits per heavy atom. The van der Waals surface area contributed by atoms with E-state index < -0.39 is 16.1 Å². The molecule has 2 aromatic rings. The Hall–Kier alpha value is -2.78. The maximum Gasteiger partial charge on any atom is 0.264 e. The first-order chi connectivity index (χ1) is 14.9. The Morgan fingerprint density at radius 1 is 1.10 bits per heavy atom.